The summed E-state index contributed by atoms with van der Waals surface area (Å²) in [6.07, 6.45) is -1.61. The van der Waals surface area contributed by atoms with Crippen molar-refractivity contribution in [2.75, 3.05) is 6.54 Å². The molecule has 0 spiro atoms. The molecule has 1 aromatic carbocycles. The summed E-state index contributed by atoms with van der Waals surface area (Å²) in [5.41, 5.74) is 1.10. The summed E-state index contributed by atoms with van der Waals surface area (Å²) in [6, 6.07) is 9.38. The Bertz CT molecular complexity index is 358. The van der Waals surface area contributed by atoms with Crippen LogP contribution in [0.25, 0.3) is 0 Å². The van der Waals surface area contributed by atoms with Crippen LogP contribution in [0.15, 0.2) is 30.3 Å². The van der Waals surface area contributed by atoms with Crippen molar-refractivity contribution in [1.82, 2.24) is 4.90 Å². The average molecular weight is 255 g/mol. The van der Waals surface area contributed by atoms with Crippen molar-refractivity contribution in [2.45, 2.75) is 44.4 Å². The van der Waals surface area contributed by atoms with Gasteiger partial charge in [0.2, 0.25) is 0 Å². The molecule has 2 atom stereocenters. The van der Waals surface area contributed by atoms with Gasteiger partial charge in [-0.15, -0.1) is 0 Å². The van der Waals surface area contributed by atoms with Crippen LogP contribution in [-0.2, 0) is 6.54 Å². The lowest BCUT2D eigenvalue weighted by molar-refractivity contribution is -0.0688. The van der Waals surface area contributed by atoms with Gasteiger partial charge < -0.3 is 5.11 Å². The maximum Gasteiger partial charge on any atom is 0.265 e. The van der Waals surface area contributed by atoms with Gasteiger partial charge in [-0.05, 0) is 24.9 Å². The van der Waals surface area contributed by atoms with Gasteiger partial charge >= 0.3 is 0 Å². The molecule has 1 aromatic rings. The van der Waals surface area contributed by atoms with E-state index < -0.39 is 18.6 Å². The molecule has 1 N–H and O–H groups in total. The van der Waals surface area contributed by atoms with Crippen LogP contribution in [0.1, 0.15) is 24.8 Å². The van der Waals surface area contributed by atoms with Gasteiger partial charge in [-0.25, -0.2) is 8.78 Å². The molecule has 100 valence electrons. The van der Waals surface area contributed by atoms with E-state index in [2.05, 4.69) is 0 Å². The molecule has 1 aliphatic heterocycles. The third-order valence-electron chi connectivity index (χ3n) is 3.55. The number of likely N-dealkylation sites (tertiary alicyclic amines) is 1. The Kier molecular flexibility index (Phi) is 4.66. The topological polar surface area (TPSA) is 23.5 Å². The maximum absolute atomic E-state index is 12.6. The van der Waals surface area contributed by atoms with E-state index in [1.165, 1.54) is 0 Å². The number of alkyl halides is 2. The van der Waals surface area contributed by atoms with Gasteiger partial charge in [0.05, 0.1) is 0 Å². The fourth-order valence-corrected chi connectivity index (χ4v) is 2.59. The minimum atomic E-state index is -2.66. The standard InChI is InChI=1S/C14H19F2NO/c15-14(16)13(18)12-8-4-5-9-17(12)10-11-6-2-1-3-7-11/h1-3,6-7,12-14,18H,4-5,8-10H2. The van der Waals surface area contributed by atoms with Gasteiger partial charge in [-0.3, -0.25) is 4.90 Å². The van der Waals surface area contributed by atoms with E-state index >= 15 is 0 Å². The lowest BCUT2D eigenvalue weighted by Gasteiger charge is -2.38. The Balaban J connectivity index is 2.04. The largest absolute Gasteiger partial charge is 0.386 e. The smallest absolute Gasteiger partial charge is 0.265 e. The van der Waals surface area contributed by atoms with Gasteiger partial charge in [0.15, 0.2) is 0 Å². The van der Waals surface area contributed by atoms with Crippen LogP contribution >= 0.6 is 0 Å². The molecule has 4 heteroatoms. The van der Waals surface area contributed by atoms with Gasteiger partial charge in [0, 0.05) is 12.6 Å². The molecule has 1 saturated heterocycles. The highest BCUT2D eigenvalue weighted by atomic mass is 19.3. The van der Waals surface area contributed by atoms with Gasteiger partial charge in [0.25, 0.3) is 6.43 Å². The third kappa shape index (κ3) is 3.27. The molecular formula is C14H19F2NO. The molecule has 0 aliphatic carbocycles. The molecule has 18 heavy (non-hydrogen) atoms. The zero-order valence-corrected chi connectivity index (χ0v) is 10.3. The predicted molar refractivity (Wildman–Crippen MR) is 66.5 cm³/mol. The first-order chi connectivity index (χ1) is 8.68. The van der Waals surface area contributed by atoms with Crippen molar-refractivity contribution in [3.8, 4) is 0 Å². The molecule has 1 fully saturated rings. The van der Waals surface area contributed by atoms with E-state index in [-0.39, 0.29) is 0 Å². The van der Waals surface area contributed by atoms with E-state index in [0.29, 0.717) is 13.0 Å². The van der Waals surface area contributed by atoms with E-state index in [9.17, 15) is 13.9 Å². The molecule has 0 amide bonds. The third-order valence-corrected chi connectivity index (χ3v) is 3.55. The van der Waals surface area contributed by atoms with Gasteiger partial charge in [-0.2, -0.15) is 0 Å². The van der Waals surface area contributed by atoms with Crippen molar-refractivity contribution in [2.24, 2.45) is 0 Å². The van der Waals surface area contributed by atoms with E-state index in [1.54, 1.807) is 0 Å². The summed E-state index contributed by atoms with van der Waals surface area (Å²) in [5.74, 6) is 0. The Labute approximate surface area is 106 Å². The monoisotopic (exact) mass is 255 g/mol. The number of nitrogens with zero attached hydrogens (tertiary/aromatic N) is 1. The minimum Gasteiger partial charge on any atom is -0.386 e. The second-order valence-electron chi connectivity index (χ2n) is 4.84. The quantitative estimate of drug-likeness (QED) is 0.894. The van der Waals surface area contributed by atoms with Crippen molar-refractivity contribution < 1.29 is 13.9 Å². The predicted octanol–water partition coefficient (Wildman–Crippen LogP) is 2.67. The molecule has 2 unspecified atom stereocenters. The number of halogens is 2. The molecule has 0 aromatic heterocycles. The summed E-state index contributed by atoms with van der Waals surface area (Å²) >= 11 is 0. The fourth-order valence-electron chi connectivity index (χ4n) is 2.59. The highest BCUT2D eigenvalue weighted by molar-refractivity contribution is 5.14. The van der Waals surface area contributed by atoms with Crippen LogP contribution in [0.5, 0.6) is 0 Å². The molecule has 1 heterocycles. The fraction of sp³-hybridized carbons (Fsp3) is 0.571. The van der Waals surface area contributed by atoms with Crippen molar-refractivity contribution in [1.29, 1.82) is 0 Å². The molecule has 2 rings (SSSR count). The van der Waals surface area contributed by atoms with Gasteiger partial charge in [0.1, 0.15) is 6.10 Å². The van der Waals surface area contributed by atoms with Crippen molar-refractivity contribution >= 4 is 0 Å². The Hall–Kier alpha value is -1.00. The summed E-state index contributed by atoms with van der Waals surface area (Å²) in [4.78, 5) is 1.98. The van der Waals surface area contributed by atoms with Crippen LogP contribution in [-0.4, -0.2) is 35.1 Å². The molecular weight excluding hydrogens is 236 g/mol. The molecule has 0 radical (unpaired) electrons. The first kappa shape index (κ1) is 13.4. The lowest BCUT2D eigenvalue weighted by Crippen LogP contribution is -2.48. The molecule has 2 nitrogen and oxygen atoms in total. The molecule has 0 bridgehead atoms. The highest BCUT2D eigenvalue weighted by Crippen LogP contribution is 2.24. The number of piperidine rings is 1. The Morgan fingerprint density at radius 1 is 1.22 bits per heavy atom. The first-order valence-electron chi connectivity index (χ1n) is 6.42. The number of hydrogen-bond donors (Lipinski definition) is 1. The number of benzene rings is 1. The van der Waals surface area contributed by atoms with E-state index in [1.807, 2.05) is 35.2 Å². The summed E-state index contributed by atoms with van der Waals surface area (Å²) in [5, 5.41) is 9.61. The Morgan fingerprint density at radius 3 is 2.61 bits per heavy atom. The maximum atomic E-state index is 12.6. The summed E-state index contributed by atoms with van der Waals surface area (Å²) in [6.45, 7) is 1.42. The Morgan fingerprint density at radius 2 is 1.94 bits per heavy atom. The SMILES string of the molecule is OC(C(F)F)C1CCCCN1Cc1ccccc1. The van der Waals surface area contributed by atoms with Crippen LogP contribution in [0, 0.1) is 0 Å². The van der Waals surface area contributed by atoms with Crippen LogP contribution in [0.4, 0.5) is 8.78 Å². The first-order valence-corrected chi connectivity index (χ1v) is 6.42. The van der Waals surface area contributed by atoms with Crippen LogP contribution in [0.2, 0.25) is 0 Å². The zero-order valence-electron chi connectivity index (χ0n) is 10.3. The van der Waals surface area contributed by atoms with Crippen molar-refractivity contribution in [3.05, 3.63) is 35.9 Å². The number of hydrogen-bond acceptors (Lipinski definition) is 2. The molecule has 1 aliphatic rings. The lowest BCUT2D eigenvalue weighted by atomic mass is 9.96. The zero-order chi connectivity index (χ0) is 13.0. The number of aliphatic hydroxyl groups excluding tert-OH is 1. The van der Waals surface area contributed by atoms with Crippen LogP contribution < -0.4 is 0 Å². The second kappa shape index (κ2) is 6.25. The average Bonchev–Trinajstić information content (AvgIpc) is 2.39. The molecule has 0 saturated carbocycles. The highest BCUT2D eigenvalue weighted by Gasteiger charge is 2.33. The van der Waals surface area contributed by atoms with Gasteiger partial charge in [-0.1, -0.05) is 36.8 Å². The second-order valence-corrected chi connectivity index (χ2v) is 4.84. The summed E-state index contributed by atoms with van der Waals surface area (Å²) < 4.78 is 25.3. The van der Waals surface area contributed by atoms with E-state index in [4.69, 9.17) is 0 Å². The van der Waals surface area contributed by atoms with E-state index in [0.717, 1.165) is 24.9 Å². The minimum absolute atomic E-state index is 0.418. The van der Waals surface area contributed by atoms with Crippen LogP contribution in [0.3, 0.4) is 0 Å². The van der Waals surface area contributed by atoms with Crippen molar-refractivity contribution in [3.63, 3.8) is 0 Å². The number of aliphatic hydroxyl groups is 1. The number of rotatable bonds is 4. The summed E-state index contributed by atoms with van der Waals surface area (Å²) in [7, 11) is 0. The normalized spacial score (nSPS) is 23.2.